The number of hydrogen-bond acceptors (Lipinski definition) is 5. The SMILES string of the molecule is O=C(NCC(=O)N1CCC2(CCCCN2)C1)c1ncccc1O. The van der Waals surface area contributed by atoms with Crippen molar-refractivity contribution in [2.45, 2.75) is 31.2 Å². The zero-order chi connectivity index (χ0) is 16.3. The molecule has 2 saturated heterocycles. The molecule has 2 aliphatic heterocycles. The van der Waals surface area contributed by atoms with Crippen LogP contribution in [0.15, 0.2) is 18.3 Å². The molecular weight excluding hydrogens is 296 g/mol. The average molecular weight is 318 g/mol. The monoisotopic (exact) mass is 318 g/mol. The number of hydrogen-bond donors (Lipinski definition) is 3. The Balaban J connectivity index is 1.52. The van der Waals surface area contributed by atoms with Crippen molar-refractivity contribution in [3.05, 3.63) is 24.0 Å². The largest absolute Gasteiger partial charge is 0.505 e. The number of amides is 2. The van der Waals surface area contributed by atoms with Crippen molar-refractivity contribution in [3.63, 3.8) is 0 Å². The van der Waals surface area contributed by atoms with Crippen LogP contribution in [0.25, 0.3) is 0 Å². The Labute approximate surface area is 135 Å². The van der Waals surface area contributed by atoms with Gasteiger partial charge in [0.1, 0.15) is 5.75 Å². The van der Waals surface area contributed by atoms with Crippen LogP contribution in [0.2, 0.25) is 0 Å². The van der Waals surface area contributed by atoms with Crippen molar-refractivity contribution in [3.8, 4) is 5.75 Å². The van der Waals surface area contributed by atoms with Gasteiger partial charge in [-0.2, -0.15) is 0 Å². The van der Waals surface area contributed by atoms with Crippen LogP contribution < -0.4 is 10.6 Å². The summed E-state index contributed by atoms with van der Waals surface area (Å²) in [6, 6.07) is 2.93. The first-order chi connectivity index (χ1) is 11.1. The lowest BCUT2D eigenvalue weighted by Crippen LogP contribution is -2.51. The quantitative estimate of drug-likeness (QED) is 0.743. The zero-order valence-corrected chi connectivity index (χ0v) is 13.0. The van der Waals surface area contributed by atoms with Crippen LogP contribution in [0.4, 0.5) is 0 Å². The maximum Gasteiger partial charge on any atom is 0.274 e. The van der Waals surface area contributed by atoms with E-state index >= 15 is 0 Å². The molecule has 1 aromatic rings. The number of rotatable bonds is 3. The Morgan fingerprint density at radius 2 is 2.26 bits per heavy atom. The second kappa shape index (κ2) is 6.54. The molecule has 0 aromatic carbocycles. The van der Waals surface area contributed by atoms with Crippen LogP contribution in [0.1, 0.15) is 36.2 Å². The standard InChI is InChI=1S/C16H22N4O3/c21-12-4-3-7-17-14(12)15(23)18-10-13(22)20-9-6-16(11-20)5-1-2-8-19-16/h3-4,7,19,21H,1-2,5-6,8-11H2,(H,18,23). The van der Waals surface area contributed by atoms with Crippen molar-refractivity contribution in [2.24, 2.45) is 0 Å². The van der Waals surface area contributed by atoms with Gasteiger partial charge < -0.3 is 20.6 Å². The Kier molecular flexibility index (Phi) is 4.47. The number of aromatic nitrogens is 1. The van der Waals surface area contributed by atoms with Crippen LogP contribution in [-0.2, 0) is 4.79 Å². The molecule has 124 valence electrons. The van der Waals surface area contributed by atoms with Gasteiger partial charge >= 0.3 is 0 Å². The van der Waals surface area contributed by atoms with Gasteiger partial charge in [0, 0.05) is 24.8 Å². The zero-order valence-electron chi connectivity index (χ0n) is 13.0. The number of carbonyl (C=O) groups is 2. The molecule has 1 aromatic heterocycles. The third-order valence-corrected chi connectivity index (χ3v) is 4.69. The summed E-state index contributed by atoms with van der Waals surface area (Å²) >= 11 is 0. The van der Waals surface area contributed by atoms with E-state index in [-0.39, 0.29) is 29.4 Å². The Morgan fingerprint density at radius 3 is 3.00 bits per heavy atom. The van der Waals surface area contributed by atoms with E-state index in [1.165, 1.54) is 31.2 Å². The van der Waals surface area contributed by atoms with Gasteiger partial charge in [0.2, 0.25) is 5.91 Å². The first kappa shape index (κ1) is 15.7. The third kappa shape index (κ3) is 3.44. The lowest BCUT2D eigenvalue weighted by Gasteiger charge is -2.34. The van der Waals surface area contributed by atoms with Gasteiger partial charge in [-0.05, 0) is 37.9 Å². The van der Waals surface area contributed by atoms with Crippen LogP contribution in [-0.4, -0.2) is 58.5 Å². The molecule has 2 aliphatic rings. The number of aromatic hydroxyl groups is 1. The highest BCUT2D eigenvalue weighted by atomic mass is 16.3. The molecule has 0 aliphatic carbocycles. The molecule has 2 fully saturated rings. The first-order valence-electron chi connectivity index (χ1n) is 8.05. The summed E-state index contributed by atoms with van der Waals surface area (Å²) in [7, 11) is 0. The van der Waals surface area contributed by atoms with Gasteiger partial charge in [-0.25, -0.2) is 4.98 Å². The molecule has 3 rings (SSSR count). The summed E-state index contributed by atoms with van der Waals surface area (Å²) < 4.78 is 0. The number of carbonyl (C=O) groups excluding carboxylic acids is 2. The summed E-state index contributed by atoms with van der Waals surface area (Å²) in [5.41, 5.74) is 0.00381. The van der Waals surface area contributed by atoms with Crippen LogP contribution >= 0.6 is 0 Å². The lowest BCUT2D eigenvalue weighted by molar-refractivity contribution is -0.129. The second-order valence-electron chi connectivity index (χ2n) is 6.28. The van der Waals surface area contributed by atoms with Crippen LogP contribution in [0.3, 0.4) is 0 Å². The summed E-state index contributed by atoms with van der Waals surface area (Å²) in [5, 5.41) is 15.7. The molecule has 1 atom stereocenters. The first-order valence-corrected chi connectivity index (χ1v) is 8.05. The van der Waals surface area contributed by atoms with Crippen molar-refractivity contribution < 1.29 is 14.7 Å². The molecule has 2 amide bonds. The van der Waals surface area contributed by atoms with Gasteiger partial charge in [-0.1, -0.05) is 6.42 Å². The molecule has 0 bridgehead atoms. The van der Waals surface area contributed by atoms with Gasteiger partial charge in [-0.15, -0.1) is 0 Å². The molecular formula is C16H22N4O3. The fraction of sp³-hybridized carbons (Fsp3) is 0.562. The van der Waals surface area contributed by atoms with E-state index in [4.69, 9.17) is 0 Å². The fourth-order valence-electron chi connectivity index (χ4n) is 3.39. The molecule has 0 radical (unpaired) electrons. The fourth-order valence-corrected chi connectivity index (χ4v) is 3.39. The van der Waals surface area contributed by atoms with E-state index in [1.54, 1.807) is 4.90 Å². The number of pyridine rings is 1. The van der Waals surface area contributed by atoms with E-state index < -0.39 is 5.91 Å². The topological polar surface area (TPSA) is 94.6 Å². The maximum absolute atomic E-state index is 12.3. The number of nitrogens with zero attached hydrogens (tertiary/aromatic N) is 2. The second-order valence-corrected chi connectivity index (χ2v) is 6.28. The molecule has 1 unspecified atom stereocenters. The summed E-state index contributed by atoms with van der Waals surface area (Å²) in [5.74, 6) is -0.830. The minimum Gasteiger partial charge on any atom is -0.505 e. The molecule has 0 saturated carbocycles. The van der Waals surface area contributed by atoms with E-state index in [2.05, 4.69) is 15.6 Å². The predicted octanol–water partition coefficient (Wildman–Crippen LogP) is 0.262. The third-order valence-electron chi connectivity index (χ3n) is 4.69. The molecule has 3 N–H and O–H groups in total. The predicted molar refractivity (Wildman–Crippen MR) is 84.0 cm³/mol. The summed E-state index contributed by atoms with van der Waals surface area (Å²) in [6.45, 7) is 2.36. The Bertz CT molecular complexity index is 599. The molecule has 3 heterocycles. The van der Waals surface area contributed by atoms with E-state index in [9.17, 15) is 14.7 Å². The number of likely N-dealkylation sites (tertiary alicyclic amines) is 1. The highest BCUT2D eigenvalue weighted by Crippen LogP contribution is 2.29. The van der Waals surface area contributed by atoms with Crippen molar-refractivity contribution >= 4 is 11.8 Å². The number of nitrogens with one attached hydrogen (secondary N) is 2. The Morgan fingerprint density at radius 1 is 1.39 bits per heavy atom. The normalized spacial score (nSPS) is 23.9. The molecule has 7 heteroatoms. The van der Waals surface area contributed by atoms with Crippen molar-refractivity contribution in [2.75, 3.05) is 26.2 Å². The van der Waals surface area contributed by atoms with E-state index in [0.29, 0.717) is 6.54 Å². The van der Waals surface area contributed by atoms with E-state index in [1.807, 2.05) is 0 Å². The minimum atomic E-state index is -0.541. The highest BCUT2D eigenvalue weighted by Gasteiger charge is 2.40. The summed E-state index contributed by atoms with van der Waals surface area (Å²) in [4.78, 5) is 29.9. The number of piperidine rings is 1. The smallest absolute Gasteiger partial charge is 0.274 e. The highest BCUT2D eigenvalue weighted by molar-refractivity contribution is 5.96. The molecule has 7 nitrogen and oxygen atoms in total. The van der Waals surface area contributed by atoms with E-state index in [0.717, 1.165) is 25.9 Å². The lowest BCUT2D eigenvalue weighted by atomic mass is 9.88. The van der Waals surface area contributed by atoms with Crippen LogP contribution in [0.5, 0.6) is 5.75 Å². The molecule has 1 spiro atoms. The van der Waals surface area contributed by atoms with Gasteiger partial charge in [0.15, 0.2) is 5.69 Å². The van der Waals surface area contributed by atoms with Crippen molar-refractivity contribution in [1.29, 1.82) is 0 Å². The maximum atomic E-state index is 12.3. The minimum absolute atomic E-state index is 0.0628. The molecule has 23 heavy (non-hydrogen) atoms. The van der Waals surface area contributed by atoms with Crippen LogP contribution in [0, 0.1) is 0 Å². The summed E-state index contributed by atoms with van der Waals surface area (Å²) in [6.07, 6.45) is 5.89. The van der Waals surface area contributed by atoms with Crippen molar-refractivity contribution in [1.82, 2.24) is 20.5 Å². The van der Waals surface area contributed by atoms with Gasteiger partial charge in [0.25, 0.3) is 5.91 Å². The Hall–Kier alpha value is -2.15. The van der Waals surface area contributed by atoms with Gasteiger partial charge in [-0.3, -0.25) is 9.59 Å². The van der Waals surface area contributed by atoms with Gasteiger partial charge in [0.05, 0.1) is 6.54 Å². The average Bonchev–Trinajstić information content (AvgIpc) is 2.97.